The summed E-state index contributed by atoms with van der Waals surface area (Å²) in [7, 11) is 0. The lowest BCUT2D eigenvalue weighted by Crippen LogP contribution is -2.40. The van der Waals surface area contributed by atoms with Crippen molar-refractivity contribution in [2.75, 3.05) is 6.26 Å². The maximum atomic E-state index is 11.8. The molecule has 96 valence electrons. The molecule has 2 rings (SSSR count). The van der Waals surface area contributed by atoms with Crippen molar-refractivity contribution in [2.45, 2.75) is 43.4 Å². The third-order valence-corrected chi connectivity index (χ3v) is 4.85. The van der Waals surface area contributed by atoms with Crippen molar-refractivity contribution in [3.63, 3.8) is 0 Å². The average molecular weight is 257 g/mol. The molecule has 4 atom stereocenters. The molecule has 0 aromatic carbocycles. The van der Waals surface area contributed by atoms with E-state index in [0.717, 1.165) is 19.3 Å². The van der Waals surface area contributed by atoms with Crippen LogP contribution in [-0.2, 0) is 9.59 Å². The Morgan fingerprint density at radius 3 is 2.59 bits per heavy atom. The minimum absolute atomic E-state index is 0.0517. The molecule has 2 fully saturated rings. The molecule has 0 saturated heterocycles. The largest absolute Gasteiger partial charge is 0.481 e. The van der Waals surface area contributed by atoms with E-state index in [1.807, 2.05) is 11.8 Å². The molecule has 0 unspecified atom stereocenters. The molecule has 0 radical (unpaired) electrons. The summed E-state index contributed by atoms with van der Waals surface area (Å²) in [6, 6.07) is 0.253. The predicted octanol–water partition coefficient (Wildman–Crippen LogP) is 1.50. The fourth-order valence-electron chi connectivity index (χ4n) is 2.56. The highest BCUT2D eigenvalue weighted by atomic mass is 32.2. The standard InChI is InChI=1S/C12H19NO3S/c1-17-8-4-2-3-7(5-8)13-11(14)9-6-10(9)12(15)16/h7-10H,2-6H2,1H3,(H,13,14)(H,15,16)/t7-,8+,9-,10+/m0/s1. The number of aliphatic carboxylic acids is 1. The van der Waals surface area contributed by atoms with Gasteiger partial charge in [0, 0.05) is 11.3 Å². The van der Waals surface area contributed by atoms with Gasteiger partial charge in [0.25, 0.3) is 0 Å². The minimum Gasteiger partial charge on any atom is -0.481 e. The van der Waals surface area contributed by atoms with Crippen LogP contribution >= 0.6 is 11.8 Å². The Kier molecular flexibility index (Phi) is 3.97. The fourth-order valence-corrected chi connectivity index (χ4v) is 3.38. The molecular formula is C12H19NO3S. The van der Waals surface area contributed by atoms with E-state index < -0.39 is 11.9 Å². The van der Waals surface area contributed by atoms with Crippen molar-refractivity contribution in [1.82, 2.24) is 5.32 Å². The van der Waals surface area contributed by atoms with Crippen molar-refractivity contribution < 1.29 is 14.7 Å². The van der Waals surface area contributed by atoms with Crippen LogP contribution in [0.15, 0.2) is 0 Å². The van der Waals surface area contributed by atoms with Crippen LogP contribution in [0.3, 0.4) is 0 Å². The van der Waals surface area contributed by atoms with Gasteiger partial charge in [0.15, 0.2) is 0 Å². The van der Waals surface area contributed by atoms with Gasteiger partial charge in [-0.25, -0.2) is 0 Å². The SMILES string of the molecule is CS[C@@H]1CCC[C@H](NC(=O)[C@H]2C[C@H]2C(=O)O)C1. The van der Waals surface area contributed by atoms with Gasteiger partial charge in [-0.05, 0) is 31.9 Å². The summed E-state index contributed by atoms with van der Waals surface area (Å²) in [5, 5.41) is 12.4. The molecular weight excluding hydrogens is 238 g/mol. The first kappa shape index (κ1) is 12.7. The van der Waals surface area contributed by atoms with Crippen LogP contribution in [0.25, 0.3) is 0 Å². The fraction of sp³-hybridized carbons (Fsp3) is 0.833. The Morgan fingerprint density at radius 1 is 1.24 bits per heavy atom. The highest BCUT2D eigenvalue weighted by molar-refractivity contribution is 7.99. The van der Waals surface area contributed by atoms with E-state index in [-0.39, 0.29) is 17.9 Å². The van der Waals surface area contributed by atoms with Crippen molar-refractivity contribution >= 4 is 23.6 Å². The number of hydrogen-bond acceptors (Lipinski definition) is 3. The monoisotopic (exact) mass is 257 g/mol. The Hall–Kier alpha value is -0.710. The van der Waals surface area contributed by atoms with E-state index in [9.17, 15) is 9.59 Å². The molecule has 0 aromatic heterocycles. The molecule has 0 bridgehead atoms. The molecule has 17 heavy (non-hydrogen) atoms. The van der Waals surface area contributed by atoms with Gasteiger partial charge in [0.1, 0.15) is 0 Å². The number of nitrogens with one attached hydrogen (secondary N) is 1. The molecule has 2 saturated carbocycles. The Bertz CT molecular complexity index is 321. The van der Waals surface area contributed by atoms with Crippen molar-refractivity contribution in [1.29, 1.82) is 0 Å². The van der Waals surface area contributed by atoms with Gasteiger partial charge < -0.3 is 10.4 Å². The molecule has 4 nitrogen and oxygen atoms in total. The lowest BCUT2D eigenvalue weighted by atomic mass is 9.95. The van der Waals surface area contributed by atoms with Gasteiger partial charge in [0.2, 0.25) is 5.91 Å². The van der Waals surface area contributed by atoms with Crippen molar-refractivity contribution in [2.24, 2.45) is 11.8 Å². The second-order valence-corrected chi connectivity index (χ2v) is 6.15. The normalized spacial score (nSPS) is 36.3. The minimum atomic E-state index is -0.837. The summed E-state index contributed by atoms with van der Waals surface area (Å²) in [5.74, 6) is -1.60. The topological polar surface area (TPSA) is 66.4 Å². The van der Waals surface area contributed by atoms with Crippen molar-refractivity contribution in [3.05, 3.63) is 0 Å². The van der Waals surface area contributed by atoms with Crippen LogP contribution in [-0.4, -0.2) is 34.5 Å². The van der Waals surface area contributed by atoms with Crippen LogP contribution in [0.4, 0.5) is 0 Å². The Morgan fingerprint density at radius 2 is 2.00 bits per heavy atom. The van der Waals surface area contributed by atoms with Crippen LogP contribution in [0, 0.1) is 11.8 Å². The smallest absolute Gasteiger partial charge is 0.307 e. The Balaban J connectivity index is 1.77. The van der Waals surface area contributed by atoms with Crippen LogP contribution in [0.1, 0.15) is 32.1 Å². The zero-order valence-electron chi connectivity index (χ0n) is 10.0. The highest BCUT2D eigenvalue weighted by Crippen LogP contribution is 2.39. The maximum absolute atomic E-state index is 11.8. The van der Waals surface area contributed by atoms with E-state index >= 15 is 0 Å². The van der Waals surface area contributed by atoms with Gasteiger partial charge in [-0.2, -0.15) is 11.8 Å². The number of carboxylic acids is 1. The molecule has 2 aliphatic rings. The number of hydrogen-bond donors (Lipinski definition) is 2. The first-order valence-electron chi connectivity index (χ1n) is 6.17. The Labute approximate surface area is 106 Å². The summed E-state index contributed by atoms with van der Waals surface area (Å²) in [6.45, 7) is 0. The van der Waals surface area contributed by atoms with Gasteiger partial charge in [-0.15, -0.1) is 0 Å². The van der Waals surface area contributed by atoms with Gasteiger partial charge in [-0.3, -0.25) is 9.59 Å². The molecule has 1 amide bonds. The summed E-state index contributed by atoms with van der Waals surface area (Å²) in [4.78, 5) is 22.5. The average Bonchev–Trinajstić information content (AvgIpc) is 3.09. The first-order valence-corrected chi connectivity index (χ1v) is 7.46. The molecule has 0 aromatic rings. The summed E-state index contributed by atoms with van der Waals surface area (Å²) < 4.78 is 0. The lowest BCUT2D eigenvalue weighted by molar-refractivity contribution is -0.140. The number of carboxylic acid groups (broad SMARTS) is 1. The number of rotatable bonds is 4. The molecule has 5 heteroatoms. The van der Waals surface area contributed by atoms with Crippen LogP contribution in [0.5, 0.6) is 0 Å². The van der Waals surface area contributed by atoms with E-state index in [2.05, 4.69) is 11.6 Å². The van der Waals surface area contributed by atoms with E-state index in [1.54, 1.807) is 0 Å². The van der Waals surface area contributed by atoms with E-state index in [1.165, 1.54) is 6.42 Å². The second kappa shape index (κ2) is 5.29. The summed E-state index contributed by atoms with van der Waals surface area (Å²) >= 11 is 1.86. The third-order valence-electron chi connectivity index (χ3n) is 3.75. The number of thioether (sulfide) groups is 1. The van der Waals surface area contributed by atoms with Gasteiger partial charge >= 0.3 is 5.97 Å². The predicted molar refractivity (Wildman–Crippen MR) is 66.9 cm³/mol. The van der Waals surface area contributed by atoms with E-state index in [4.69, 9.17) is 5.11 Å². The second-order valence-electron chi connectivity index (χ2n) is 5.02. The van der Waals surface area contributed by atoms with E-state index in [0.29, 0.717) is 11.7 Å². The first-order chi connectivity index (χ1) is 8.11. The highest BCUT2D eigenvalue weighted by Gasteiger charge is 2.48. The molecule has 0 heterocycles. The van der Waals surface area contributed by atoms with Crippen molar-refractivity contribution in [3.8, 4) is 0 Å². The summed E-state index contributed by atoms with van der Waals surface area (Å²) in [5.41, 5.74) is 0. The zero-order valence-corrected chi connectivity index (χ0v) is 10.8. The summed E-state index contributed by atoms with van der Waals surface area (Å²) in [6.07, 6.45) is 7.07. The van der Waals surface area contributed by atoms with Crippen LogP contribution < -0.4 is 5.32 Å². The number of carbonyl (C=O) groups excluding carboxylic acids is 1. The van der Waals surface area contributed by atoms with Gasteiger partial charge in [0.05, 0.1) is 11.8 Å². The maximum Gasteiger partial charge on any atom is 0.307 e. The number of carbonyl (C=O) groups is 2. The molecule has 0 spiro atoms. The third kappa shape index (κ3) is 3.15. The molecule has 2 N–H and O–H groups in total. The van der Waals surface area contributed by atoms with Gasteiger partial charge in [-0.1, -0.05) is 6.42 Å². The lowest BCUT2D eigenvalue weighted by Gasteiger charge is -2.28. The van der Waals surface area contributed by atoms with Crippen LogP contribution in [0.2, 0.25) is 0 Å². The quantitative estimate of drug-likeness (QED) is 0.801. The molecule has 2 aliphatic carbocycles. The molecule has 0 aliphatic heterocycles. The number of amides is 1. The zero-order chi connectivity index (χ0) is 12.4.